The van der Waals surface area contributed by atoms with Crippen molar-refractivity contribution in [2.45, 2.75) is 33.1 Å². The molecule has 2 bridgehead atoms. The first kappa shape index (κ1) is 13.9. The molecule has 2 atom stereocenters. The minimum atomic E-state index is -0.537. The molecule has 2 unspecified atom stereocenters. The lowest BCUT2D eigenvalue weighted by Crippen LogP contribution is -2.49. The molecule has 2 saturated carbocycles. The highest BCUT2D eigenvalue weighted by Gasteiger charge is 2.60. The lowest BCUT2D eigenvalue weighted by molar-refractivity contribution is -0.129. The molecular formula is C16H20N2O3. The summed E-state index contributed by atoms with van der Waals surface area (Å²) in [6.07, 6.45) is 4.08. The number of carbonyl (C=O) groups excluding carboxylic acids is 2. The van der Waals surface area contributed by atoms with Gasteiger partial charge >= 0.3 is 5.91 Å². The van der Waals surface area contributed by atoms with Gasteiger partial charge in [-0.25, -0.2) is 0 Å². The van der Waals surface area contributed by atoms with E-state index in [0.29, 0.717) is 5.92 Å². The molecule has 5 nitrogen and oxygen atoms in total. The van der Waals surface area contributed by atoms with Gasteiger partial charge < -0.3 is 4.42 Å². The number of hydrogen-bond acceptors (Lipinski definition) is 3. The van der Waals surface area contributed by atoms with Crippen molar-refractivity contribution in [3.05, 3.63) is 36.3 Å². The van der Waals surface area contributed by atoms with E-state index in [-0.39, 0.29) is 17.1 Å². The van der Waals surface area contributed by atoms with Crippen LogP contribution in [0, 0.1) is 16.7 Å². The fraction of sp³-hybridized carbons (Fsp3) is 0.500. The summed E-state index contributed by atoms with van der Waals surface area (Å²) < 4.78 is 4.99. The van der Waals surface area contributed by atoms with Crippen molar-refractivity contribution in [2.75, 3.05) is 0 Å². The van der Waals surface area contributed by atoms with Crippen molar-refractivity contribution in [3.63, 3.8) is 0 Å². The molecule has 2 aliphatic rings. The molecule has 5 heteroatoms. The van der Waals surface area contributed by atoms with Gasteiger partial charge in [0, 0.05) is 0 Å². The predicted octanol–water partition coefficient (Wildman–Crippen LogP) is 2.42. The molecule has 3 rings (SSSR count). The summed E-state index contributed by atoms with van der Waals surface area (Å²) in [6, 6.07) is 3.17. The molecule has 1 aromatic heterocycles. The summed E-state index contributed by atoms with van der Waals surface area (Å²) in [5, 5.41) is 0. The van der Waals surface area contributed by atoms with Gasteiger partial charge in [0.1, 0.15) is 0 Å². The maximum atomic E-state index is 12.6. The largest absolute Gasteiger partial charge is 0.459 e. The smallest absolute Gasteiger partial charge is 0.305 e. The van der Waals surface area contributed by atoms with Crippen molar-refractivity contribution in [3.8, 4) is 0 Å². The summed E-state index contributed by atoms with van der Waals surface area (Å²) in [5.41, 5.74) is 5.39. The first-order chi connectivity index (χ1) is 9.88. The molecule has 0 saturated heterocycles. The van der Waals surface area contributed by atoms with Gasteiger partial charge in [-0.15, -0.1) is 0 Å². The standard InChI is InChI=1S/C16H20N2O3/c1-10-15(2,3)11-6-7-16(10,9-11)14(20)18-17-13(19)12-5-4-8-21-12/h4-5,8,11H,1,6-7,9H2,2-3H3,(H,17,19)(H,18,20). The summed E-state index contributed by atoms with van der Waals surface area (Å²) in [6.45, 7) is 8.46. The molecule has 0 spiro atoms. The molecule has 1 aromatic rings. The van der Waals surface area contributed by atoms with Crippen LogP contribution < -0.4 is 10.9 Å². The number of rotatable bonds is 2. The Balaban J connectivity index is 1.69. The first-order valence-corrected chi connectivity index (χ1v) is 7.22. The van der Waals surface area contributed by atoms with E-state index < -0.39 is 11.3 Å². The third-order valence-corrected chi connectivity index (χ3v) is 5.36. The zero-order valence-electron chi connectivity index (χ0n) is 12.4. The molecule has 21 heavy (non-hydrogen) atoms. The van der Waals surface area contributed by atoms with E-state index in [4.69, 9.17) is 4.42 Å². The fourth-order valence-corrected chi connectivity index (χ4v) is 3.84. The van der Waals surface area contributed by atoms with E-state index in [1.54, 1.807) is 12.1 Å². The monoisotopic (exact) mass is 288 g/mol. The highest BCUT2D eigenvalue weighted by molar-refractivity contribution is 5.94. The summed E-state index contributed by atoms with van der Waals surface area (Å²) in [5.74, 6) is 0.0434. The van der Waals surface area contributed by atoms with Crippen LogP contribution in [0.3, 0.4) is 0 Å². The Hall–Kier alpha value is -2.04. The molecule has 2 amide bonds. The number of fused-ring (bicyclic) bond motifs is 2. The first-order valence-electron chi connectivity index (χ1n) is 7.22. The third kappa shape index (κ3) is 1.91. The van der Waals surface area contributed by atoms with Crippen molar-refractivity contribution < 1.29 is 14.0 Å². The van der Waals surface area contributed by atoms with Crippen LogP contribution in [0.4, 0.5) is 0 Å². The van der Waals surface area contributed by atoms with Crippen LogP contribution in [-0.4, -0.2) is 11.8 Å². The Morgan fingerprint density at radius 1 is 1.38 bits per heavy atom. The van der Waals surface area contributed by atoms with Gasteiger partial charge in [-0.1, -0.05) is 26.0 Å². The number of amides is 2. The van der Waals surface area contributed by atoms with E-state index in [9.17, 15) is 9.59 Å². The predicted molar refractivity (Wildman–Crippen MR) is 77.0 cm³/mol. The van der Waals surface area contributed by atoms with Crippen LogP contribution in [0.15, 0.2) is 35.0 Å². The second-order valence-electron chi connectivity index (χ2n) is 6.61. The lowest BCUT2D eigenvalue weighted by Gasteiger charge is -2.37. The number of hydrazine groups is 1. The number of nitrogens with one attached hydrogen (secondary N) is 2. The van der Waals surface area contributed by atoms with Gasteiger partial charge in [-0.05, 0) is 42.7 Å². The number of hydrogen-bond donors (Lipinski definition) is 2. The molecule has 112 valence electrons. The average Bonchev–Trinajstić information content (AvgIpc) is 3.15. The van der Waals surface area contributed by atoms with E-state index in [1.165, 1.54) is 6.26 Å². The van der Waals surface area contributed by atoms with Crippen LogP contribution in [0.25, 0.3) is 0 Å². The van der Waals surface area contributed by atoms with Crippen molar-refractivity contribution in [1.29, 1.82) is 0 Å². The third-order valence-electron chi connectivity index (χ3n) is 5.36. The van der Waals surface area contributed by atoms with E-state index in [2.05, 4.69) is 31.3 Å². The molecule has 2 aliphatic carbocycles. The molecule has 0 aliphatic heterocycles. The Morgan fingerprint density at radius 3 is 2.71 bits per heavy atom. The second kappa shape index (κ2) is 4.48. The van der Waals surface area contributed by atoms with Crippen LogP contribution >= 0.6 is 0 Å². The average molecular weight is 288 g/mol. The van der Waals surface area contributed by atoms with Crippen LogP contribution in [-0.2, 0) is 4.79 Å². The minimum absolute atomic E-state index is 0.0133. The van der Waals surface area contributed by atoms with Gasteiger partial charge in [0.05, 0.1) is 11.7 Å². The van der Waals surface area contributed by atoms with Gasteiger partial charge in [0.25, 0.3) is 0 Å². The van der Waals surface area contributed by atoms with Crippen molar-refractivity contribution in [1.82, 2.24) is 10.9 Å². The highest BCUT2D eigenvalue weighted by atomic mass is 16.3. The van der Waals surface area contributed by atoms with Crippen LogP contribution in [0.2, 0.25) is 0 Å². The number of carbonyl (C=O) groups is 2. The topological polar surface area (TPSA) is 71.3 Å². The van der Waals surface area contributed by atoms with Gasteiger partial charge in [-0.2, -0.15) is 0 Å². The summed E-state index contributed by atoms with van der Waals surface area (Å²) >= 11 is 0. The Labute approximate surface area is 123 Å². The SMILES string of the molecule is C=C1C2(C(=O)NNC(=O)c3ccco3)CCC(C2)C1(C)C. The van der Waals surface area contributed by atoms with Crippen LogP contribution in [0.1, 0.15) is 43.7 Å². The molecule has 2 fully saturated rings. The highest BCUT2D eigenvalue weighted by Crippen LogP contribution is 2.65. The fourth-order valence-electron chi connectivity index (χ4n) is 3.84. The molecule has 0 radical (unpaired) electrons. The second-order valence-corrected chi connectivity index (χ2v) is 6.61. The summed E-state index contributed by atoms with van der Waals surface area (Å²) in [7, 11) is 0. The number of furan rings is 1. The zero-order valence-corrected chi connectivity index (χ0v) is 12.4. The molecule has 2 N–H and O–H groups in total. The molecule has 0 aromatic carbocycles. The normalized spacial score (nSPS) is 29.4. The summed E-state index contributed by atoms with van der Waals surface area (Å²) in [4.78, 5) is 24.4. The molecule has 1 heterocycles. The van der Waals surface area contributed by atoms with Crippen molar-refractivity contribution in [2.24, 2.45) is 16.7 Å². The van der Waals surface area contributed by atoms with Gasteiger partial charge in [-0.3, -0.25) is 20.4 Å². The zero-order chi connectivity index (χ0) is 15.3. The maximum absolute atomic E-state index is 12.6. The van der Waals surface area contributed by atoms with Gasteiger partial charge in [0.2, 0.25) is 5.91 Å². The lowest BCUT2D eigenvalue weighted by atomic mass is 9.68. The minimum Gasteiger partial charge on any atom is -0.459 e. The van der Waals surface area contributed by atoms with Crippen molar-refractivity contribution >= 4 is 11.8 Å². The van der Waals surface area contributed by atoms with Crippen LogP contribution in [0.5, 0.6) is 0 Å². The quantitative estimate of drug-likeness (QED) is 0.648. The van der Waals surface area contributed by atoms with E-state index in [0.717, 1.165) is 24.8 Å². The Bertz CT molecular complexity index is 603. The van der Waals surface area contributed by atoms with Gasteiger partial charge in [0.15, 0.2) is 5.76 Å². The molecular weight excluding hydrogens is 268 g/mol. The van der Waals surface area contributed by atoms with E-state index in [1.807, 2.05) is 0 Å². The Kier molecular flexibility index (Phi) is 2.97. The van der Waals surface area contributed by atoms with E-state index >= 15 is 0 Å². The Morgan fingerprint density at radius 2 is 2.14 bits per heavy atom. The maximum Gasteiger partial charge on any atom is 0.305 e.